The largest absolute Gasteiger partial charge is 0.379 e. The number of aliphatic hydroxyl groups excluding tert-OH is 1. The lowest BCUT2D eigenvalue weighted by atomic mass is 10.0. The minimum atomic E-state index is -0.304. The number of rotatable bonds is 3. The molecule has 0 radical (unpaired) electrons. The van der Waals surface area contributed by atoms with Gasteiger partial charge in [0.25, 0.3) is 0 Å². The zero-order valence-corrected chi connectivity index (χ0v) is 9.26. The first-order valence-corrected chi connectivity index (χ1v) is 5.75. The van der Waals surface area contributed by atoms with Gasteiger partial charge in [0.2, 0.25) is 0 Å². The second-order valence-corrected chi connectivity index (χ2v) is 4.36. The number of hydrogen-bond acceptors (Lipinski definition) is 2. The first-order valence-electron chi connectivity index (χ1n) is 5.75. The van der Waals surface area contributed by atoms with Crippen molar-refractivity contribution in [3.05, 3.63) is 35.9 Å². The standard InChI is InChI=1S/C13H19NO/c1-11(15)14-9-5-8-13(14)10-12-6-3-2-4-7-12/h2-4,6-7,11,13,15H,5,8-10H2,1H3. The van der Waals surface area contributed by atoms with Crippen LogP contribution in [0.15, 0.2) is 30.3 Å². The molecule has 0 aliphatic carbocycles. The fraction of sp³-hybridized carbons (Fsp3) is 0.538. The van der Waals surface area contributed by atoms with Gasteiger partial charge in [-0.15, -0.1) is 0 Å². The van der Waals surface area contributed by atoms with E-state index in [9.17, 15) is 5.11 Å². The molecule has 0 spiro atoms. The maximum atomic E-state index is 9.63. The minimum absolute atomic E-state index is 0.304. The van der Waals surface area contributed by atoms with E-state index in [1.165, 1.54) is 18.4 Å². The number of likely N-dealkylation sites (tertiary alicyclic amines) is 1. The van der Waals surface area contributed by atoms with E-state index < -0.39 is 0 Å². The zero-order chi connectivity index (χ0) is 10.7. The molecule has 82 valence electrons. The summed E-state index contributed by atoms with van der Waals surface area (Å²) < 4.78 is 0. The van der Waals surface area contributed by atoms with Crippen LogP contribution in [0.5, 0.6) is 0 Å². The first kappa shape index (κ1) is 10.7. The lowest BCUT2D eigenvalue weighted by Gasteiger charge is -2.27. The Morgan fingerprint density at radius 3 is 2.80 bits per heavy atom. The molecule has 2 heteroatoms. The predicted octanol–water partition coefficient (Wildman–Crippen LogP) is 2.03. The average molecular weight is 205 g/mol. The van der Waals surface area contributed by atoms with Crippen LogP contribution in [-0.4, -0.2) is 28.8 Å². The SMILES string of the molecule is CC(O)N1CCCC1Cc1ccccc1. The van der Waals surface area contributed by atoms with Gasteiger partial charge in [0.1, 0.15) is 6.23 Å². The third-order valence-corrected chi connectivity index (χ3v) is 3.22. The molecule has 1 fully saturated rings. The van der Waals surface area contributed by atoms with E-state index in [1.807, 2.05) is 13.0 Å². The molecule has 2 nitrogen and oxygen atoms in total. The van der Waals surface area contributed by atoms with E-state index in [1.54, 1.807) is 0 Å². The van der Waals surface area contributed by atoms with E-state index >= 15 is 0 Å². The summed E-state index contributed by atoms with van der Waals surface area (Å²) in [6.07, 6.45) is 3.18. The van der Waals surface area contributed by atoms with Crippen molar-refractivity contribution in [2.75, 3.05) is 6.54 Å². The Morgan fingerprint density at radius 2 is 2.13 bits per heavy atom. The molecule has 1 saturated heterocycles. The van der Waals surface area contributed by atoms with Crippen LogP contribution in [0.3, 0.4) is 0 Å². The van der Waals surface area contributed by atoms with Gasteiger partial charge in [0, 0.05) is 12.6 Å². The third kappa shape index (κ3) is 2.58. The molecule has 1 aliphatic rings. The van der Waals surface area contributed by atoms with Gasteiger partial charge in [0.05, 0.1) is 0 Å². The molecule has 0 aromatic heterocycles. The minimum Gasteiger partial charge on any atom is -0.379 e. The lowest BCUT2D eigenvalue weighted by Crippen LogP contribution is -2.38. The summed E-state index contributed by atoms with van der Waals surface area (Å²) in [4.78, 5) is 2.20. The van der Waals surface area contributed by atoms with Crippen LogP contribution in [0.2, 0.25) is 0 Å². The van der Waals surface area contributed by atoms with E-state index in [0.717, 1.165) is 13.0 Å². The van der Waals surface area contributed by atoms with Crippen LogP contribution in [0, 0.1) is 0 Å². The van der Waals surface area contributed by atoms with Crippen LogP contribution >= 0.6 is 0 Å². The van der Waals surface area contributed by atoms with Crippen molar-refractivity contribution in [1.29, 1.82) is 0 Å². The van der Waals surface area contributed by atoms with Gasteiger partial charge in [-0.3, -0.25) is 4.90 Å². The van der Waals surface area contributed by atoms with Crippen molar-refractivity contribution in [3.63, 3.8) is 0 Å². The highest BCUT2D eigenvalue weighted by atomic mass is 16.3. The van der Waals surface area contributed by atoms with Crippen LogP contribution in [0.1, 0.15) is 25.3 Å². The molecule has 2 unspecified atom stereocenters. The van der Waals surface area contributed by atoms with Gasteiger partial charge in [-0.25, -0.2) is 0 Å². The normalized spacial score (nSPS) is 24.3. The van der Waals surface area contributed by atoms with Crippen molar-refractivity contribution < 1.29 is 5.11 Å². The molecule has 0 saturated carbocycles. The smallest absolute Gasteiger partial charge is 0.104 e. The molecule has 1 aliphatic heterocycles. The Hall–Kier alpha value is -0.860. The Labute approximate surface area is 91.5 Å². The van der Waals surface area contributed by atoms with Gasteiger partial charge < -0.3 is 5.11 Å². The number of hydrogen-bond donors (Lipinski definition) is 1. The first-order chi connectivity index (χ1) is 7.27. The molecular formula is C13H19NO. The maximum absolute atomic E-state index is 9.63. The molecule has 1 heterocycles. The fourth-order valence-electron chi connectivity index (χ4n) is 2.46. The molecule has 1 aromatic carbocycles. The van der Waals surface area contributed by atoms with Gasteiger partial charge in [-0.1, -0.05) is 30.3 Å². The summed E-state index contributed by atoms with van der Waals surface area (Å²) in [6, 6.07) is 11.1. The van der Waals surface area contributed by atoms with Crippen molar-refractivity contribution >= 4 is 0 Å². The van der Waals surface area contributed by atoms with E-state index in [4.69, 9.17) is 0 Å². The number of nitrogens with zero attached hydrogens (tertiary/aromatic N) is 1. The average Bonchev–Trinajstić information content (AvgIpc) is 2.67. The van der Waals surface area contributed by atoms with Gasteiger partial charge in [-0.05, 0) is 31.7 Å². The van der Waals surface area contributed by atoms with Crippen molar-refractivity contribution in [3.8, 4) is 0 Å². The topological polar surface area (TPSA) is 23.5 Å². The number of aliphatic hydroxyl groups is 1. The summed E-state index contributed by atoms with van der Waals surface area (Å²) in [5, 5.41) is 9.63. The Morgan fingerprint density at radius 1 is 1.40 bits per heavy atom. The highest BCUT2D eigenvalue weighted by Gasteiger charge is 2.27. The zero-order valence-electron chi connectivity index (χ0n) is 9.26. The quantitative estimate of drug-likeness (QED) is 0.816. The van der Waals surface area contributed by atoms with Gasteiger partial charge >= 0.3 is 0 Å². The van der Waals surface area contributed by atoms with Crippen LogP contribution < -0.4 is 0 Å². The van der Waals surface area contributed by atoms with Crippen LogP contribution in [0.25, 0.3) is 0 Å². The molecule has 2 rings (SSSR count). The molecule has 1 aromatic rings. The summed E-state index contributed by atoms with van der Waals surface area (Å²) in [5.74, 6) is 0. The van der Waals surface area contributed by atoms with Gasteiger partial charge in [-0.2, -0.15) is 0 Å². The summed E-state index contributed by atoms with van der Waals surface area (Å²) >= 11 is 0. The Kier molecular flexibility index (Phi) is 3.39. The molecule has 2 atom stereocenters. The highest BCUT2D eigenvalue weighted by molar-refractivity contribution is 5.16. The molecule has 0 amide bonds. The summed E-state index contributed by atoms with van der Waals surface area (Å²) in [6.45, 7) is 2.90. The molecule has 15 heavy (non-hydrogen) atoms. The number of benzene rings is 1. The van der Waals surface area contributed by atoms with Crippen molar-refractivity contribution in [2.24, 2.45) is 0 Å². The van der Waals surface area contributed by atoms with E-state index in [0.29, 0.717) is 6.04 Å². The summed E-state index contributed by atoms with van der Waals surface area (Å²) in [7, 11) is 0. The second kappa shape index (κ2) is 4.77. The molecule has 1 N–H and O–H groups in total. The fourth-order valence-corrected chi connectivity index (χ4v) is 2.46. The third-order valence-electron chi connectivity index (χ3n) is 3.22. The predicted molar refractivity (Wildman–Crippen MR) is 61.6 cm³/mol. The monoisotopic (exact) mass is 205 g/mol. The van der Waals surface area contributed by atoms with Gasteiger partial charge in [0.15, 0.2) is 0 Å². The lowest BCUT2D eigenvalue weighted by molar-refractivity contribution is 0.00997. The Bertz CT molecular complexity index is 297. The van der Waals surface area contributed by atoms with Crippen molar-refractivity contribution in [1.82, 2.24) is 4.90 Å². The van der Waals surface area contributed by atoms with E-state index in [2.05, 4.69) is 29.2 Å². The Balaban J connectivity index is 2.00. The summed E-state index contributed by atoms with van der Waals surface area (Å²) in [5.41, 5.74) is 1.37. The maximum Gasteiger partial charge on any atom is 0.104 e. The second-order valence-electron chi connectivity index (χ2n) is 4.36. The molecular weight excluding hydrogens is 186 g/mol. The van der Waals surface area contributed by atoms with Crippen LogP contribution in [0.4, 0.5) is 0 Å². The van der Waals surface area contributed by atoms with Crippen LogP contribution in [-0.2, 0) is 6.42 Å². The van der Waals surface area contributed by atoms with E-state index in [-0.39, 0.29) is 6.23 Å². The van der Waals surface area contributed by atoms with Crippen molar-refractivity contribution in [2.45, 2.75) is 38.5 Å². The highest BCUT2D eigenvalue weighted by Crippen LogP contribution is 2.22. The molecule has 0 bridgehead atoms.